The molecule has 6 nitrogen and oxygen atoms in total. The summed E-state index contributed by atoms with van der Waals surface area (Å²) in [5.74, 6) is 0. The van der Waals surface area contributed by atoms with Gasteiger partial charge in [-0.25, -0.2) is 4.79 Å². The van der Waals surface area contributed by atoms with Crippen molar-refractivity contribution in [3.05, 3.63) is 64.7 Å². The van der Waals surface area contributed by atoms with Gasteiger partial charge in [-0.2, -0.15) is 0 Å². The van der Waals surface area contributed by atoms with Crippen LogP contribution in [0.15, 0.2) is 42.5 Å². The summed E-state index contributed by atoms with van der Waals surface area (Å²) in [4.78, 5) is 11.7. The maximum absolute atomic E-state index is 11.7. The van der Waals surface area contributed by atoms with E-state index in [9.17, 15) is 15.0 Å². The molecule has 25 heavy (non-hydrogen) atoms. The first-order chi connectivity index (χ1) is 11.9. The Balaban J connectivity index is 1.87. The van der Waals surface area contributed by atoms with Gasteiger partial charge in [0.2, 0.25) is 0 Å². The zero-order valence-electron chi connectivity index (χ0n) is 14.4. The van der Waals surface area contributed by atoms with Gasteiger partial charge in [-0.3, -0.25) is 0 Å². The molecule has 0 heterocycles. The molecule has 0 saturated heterocycles. The second-order valence-electron chi connectivity index (χ2n) is 6.04. The lowest BCUT2D eigenvalue weighted by molar-refractivity contribution is 0.0188. The summed E-state index contributed by atoms with van der Waals surface area (Å²) in [5.41, 5.74) is 9.48. The molecule has 0 radical (unpaired) electrons. The van der Waals surface area contributed by atoms with E-state index in [1.165, 1.54) is 0 Å². The predicted molar refractivity (Wildman–Crippen MR) is 95.9 cm³/mol. The molecular weight excluding hydrogens is 320 g/mol. The molecule has 5 N–H and O–H groups in total. The fourth-order valence-corrected chi connectivity index (χ4v) is 2.54. The van der Waals surface area contributed by atoms with Gasteiger partial charge in [0.1, 0.15) is 18.8 Å². The SMILES string of the molecule is Cc1cc(C)c(N)c(C(O)C(O)CNC(=O)OCc2ccccc2)c1. The zero-order chi connectivity index (χ0) is 18.4. The number of aryl methyl sites for hydroxylation is 2. The number of nitrogens with two attached hydrogens (primary N) is 1. The molecule has 0 bridgehead atoms. The van der Waals surface area contributed by atoms with Crippen molar-refractivity contribution in [1.29, 1.82) is 0 Å². The Kier molecular flexibility index (Phi) is 6.38. The topological polar surface area (TPSA) is 105 Å². The number of alkyl carbamates (subject to hydrolysis) is 1. The molecule has 2 rings (SSSR count). The molecule has 0 aliphatic heterocycles. The Morgan fingerprint density at radius 1 is 1.20 bits per heavy atom. The monoisotopic (exact) mass is 344 g/mol. The predicted octanol–water partition coefficient (Wildman–Crippen LogP) is 2.21. The first-order valence-electron chi connectivity index (χ1n) is 8.05. The molecule has 2 unspecified atom stereocenters. The Bertz CT molecular complexity index is 719. The smallest absolute Gasteiger partial charge is 0.407 e. The van der Waals surface area contributed by atoms with Crippen LogP contribution in [0.1, 0.15) is 28.4 Å². The third-order valence-electron chi connectivity index (χ3n) is 3.91. The maximum atomic E-state index is 11.7. The zero-order valence-corrected chi connectivity index (χ0v) is 14.4. The molecule has 2 aromatic carbocycles. The second kappa shape index (κ2) is 8.50. The van der Waals surface area contributed by atoms with Crippen LogP contribution in [0, 0.1) is 13.8 Å². The second-order valence-corrected chi connectivity index (χ2v) is 6.04. The molecular formula is C19H24N2O4. The van der Waals surface area contributed by atoms with Crippen molar-refractivity contribution in [2.45, 2.75) is 32.7 Å². The number of amides is 1. The minimum Gasteiger partial charge on any atom is -0.445 e. The number of carbonyl (C=O) groups is 1. The number of anilines is 1. The number of aliphatic hydroxyl groups is 2. The number of carbonyl (C=O) groups excluding carboxylic acids is 1. The van der Waals surface area contributed by atoms with Crippen LogP contribution in [-0.4, -0.2) is 29.0 Å². The molecule has 1 amide bonds. The molecule has 0 spiro atoms. The van der Waals surface area contributed by atoms with E-state index in [2.05, 4.69) is 5.32 Å². The van der Waals surface area contributed by atoms with Crippen molar-refractivity contribution in [1.82, 2.24) is 5.32 Å². The van der Waals surface area contributed by atoms with Gasteiger partial charge < -0.3 is 26.0 Å². The number of nitrogens with one attached hydrogen (secondary N) is 1. The number of nitrogen functional groups attached to an aromatic ring is 1. The van der Waals surface area contributed by atoms with Crippen molar-refractivity contribution in [3.63, 3.8) is 0 Å². The fraction of sp³-hybridized carbons (Fsp3) is 0.316. The molecule has 0 aromatic heterocycles. The highest BCUT2D eigenvalue weighted by molar-refractivity contribution is 5.67. The normalized spacial score (nSPS) is 13.1. The van der Waals surface area contributed by atoms with E-state index in [4.69, 9.17) is 10.5 Å². The molecule has 0 saturated carbocycles. The molecule has 6 heteroatoms. The van der Waals surface area contributed by atoms with Gasteiger partial charge in [0.05, 0.1) is 0 Å². The first-order valence-corrected chi connectivity index (χ1v) is 8.05. The maximum Gasteiger partial charge on any atom is 0.407 e. The fourth-order valence-electron chi connectivity index (χ4n) is 2.54. The van der Waals surface area contributed by atoms with E-state index >= 15 is 0 Å². The van der Waals surface area contributed by atoms with Crippen LogP contribution in [-0.2, 0) is 11.3 Å². The van der Waals surface area contributed by atoms with Gasteiger partial charge in [-0.05, 0) is 25.0 Å². The number of hydrogen-bond acceptors (Lipinski definition) is 5. The molecule has 0 fully saturated rings. The van der Waals surface area contributed by atoms with Crippen LogP contribution in [0.2, 0.25) is 0 Å². The van der Waals surface area contributed by atoms with E-state index in [0.717, 1.165) is 16.7 Å². The van der Waals surface area contributed by atoms with Crippen LogP contribution in [0.25, 0.3) is 0 Å². The Labute approximate surface area is 147 Å². The van der Waals surface area contributed by atoms with Gasteiger partial charge in [0, 0.05) is 17.8 Å². The van der Waals surface area contributed by atoms with Crippen molar-refractivity contribution >= 4 is 11.8 Å². The van der Waals surface area contributed by atoms with Gasteiger partial charge in [-0.1, -0.05) is 48.0 Å². The summed E-state index contributed by atoms with van der Waals surface area (Å²) in [6.45, 7) is 3.70. The van der Waals surface area contributed by atoms with Crippen LogP contribution < -0.4 is 11.1 Å². The van der Waals surface area contributed by atoms with Crippen LogP contribution in [0.5, 0.6) is 0 Å². The van der Waals surface area contributed by atoms with Gasteiger partial charge in [0.15, 0.2) is 0 Å². The number of ether oxygens (including phenoxy) is 1. The lowest BCUT2D eigenvalue weighted by atomic mass is 9.97. The molecule has 134 valence electrons. The van der Waals surface area contributed by atoms with Crippen molar-refractivity contribution < 1.29 is 19.7 Å². The number of benzene rings is 2. The Morgan fingerprint density at radius 3 is 2.56 bits per heavy atom. The minimum absolute atomic E-state index is 0.134. The average Bonchev–Trinajstić information content (AvgIpc) is 2.61. The number of rotatable bonds is 6. The standard InChI is InChI=1S/C19H24N2O4/c1-12-8-13(2)17(20)15(9-12)18(23)16(22)10-21-19(24)25-11-14-6-4-3-5-7-14/h3-9,16,18,22-23H,10-11,20H2,1-2H3,(H,21,24). The number of hydrogen-bond donors (Lipinski definition) is 4. The van der Waals surface area contributed by atoms with Gasteiger partial charge >= 0.3 is 6.09 Å². The summed E-state index contributed by atoms with van der Waals surface area (Å²) in [5, 5.41) is 22.9. The lowest BCUT2D eigenvalue weighted by Crippen LogP contribution is -2.36. The highest BCUT2D eigenvalue weighted by Gasteiger charge is 2.22. The Hall–Kier alpha value is -2.57. The lowest BCUT2D eigenvalue weighted by Gasteiger charge is -2.21. The third kappa shape index (κ3) is 5.20. The summed E-state index contributed by atoms with van der Waals surface area (Å²) < 4.78 is 5.06. The van der Waals surface area contributed by atoms with E-state index < -0.39 is 18.3 Å². The molecule has 0 aliphatic carbocycles. The molecule has 2 atom stereocenters. The Morgan fingerprint density at radius 2 is 1.88 bits per heavy atom. The average molecular weight is 344 g/mol. The number of aliphatic hydroxyl groups excluding tert-OH is 2. The van der Waals surface area contributed by atoms with E-state index in [1.54, 1.807) is 6.07 Å². The third-order valence-corrected chi connectivity index (χ3v) is 3.91. The minimum atomic E-state index is -1.20. The van der Waals surface area contributed by atoms with Crippen LogP contribution in [0.3, 0.4) is 0 Å². The van der Waals surface area contributed by atoms with Crippen LogP contribution in [0.4, 0.5) is 10.5 Å². The highest BCUT2D eigenvalue weighted by atomic mass is 16.5. The molecule has 0 aliphatic rings. The summed E-state index contributed by atoms with van der Waals surface area (Å²) in [6.07, 6.45) is -3.07. The quantitative estimate of drug-likeness (QED) is 0.601. The van der Waals surface area contributed by atoms with Crippen LogP contribution >= 0.6 is 0 Å². The highest BCUT2D eigenvalue weighted by Crippen LogP contribution is 2.27. The molecule has 2 aromatic rings. The first kappa shape index (κ1) is 18.8. The van der Waals surface area contributed by atoms with E-state index in [1.807, 2.05) is 50.2 Å². The van der Waals surface area contributed by atoms with Crippen molar-refractivity contribution in [3.8, 4) is 0 Å². The van der Waals surface area contributed by atoms with Crippen molar-refractivity contribution in [2.75, 3.05) is 12.3 Å². The largest absolute Gasteiger partial charge is 0.445 e. The van der Waals surface area contributed by atoms with E-state index in [0.29, 0.717) is 11.3 Å². The van der Waals surface area contributed by atoms with Gasteiger partial charge in [-0.15, -0.1) is 0 Å². The summed E-state index contributed by atoms with van der Waals surface area (Å²) >= 11 is 0. The van der Waals surface area contributed by atoms with Crippen molar-refractivity contribution in [2.24, 2.45) is 0 Å². The van der Waals surface area contributed by atoms with Gasteiger partial charge in [0.25, 0.3) is 0 Å². The summed E-state index contributed by atoms with van der Waals surface area (Å²) in [6, 6.07) is 12.9. The van der Waals surface area contributed by atoms with E-state index in [-0.39, 0.29) is 13.2 Å². The summed E-state index contributed by atoms with van der Waals surface area (Å²) in [7, 11) is 0.